The van der Waals surface area contributed by atoms with E-state index < -0.39 is 0 Å². The molecule has 148 valence electrons. The highest BCUT2D eigenvalue weighted by Gasteiger charge is 2.34. The van der Waals surface area contributed by atoms with E-state index >= 15 is 0 Å². The van der Waals surface area contributed by atoms with Crippen LogP contribution in [0, 0.1) is 12.7 Å². The molecular weight excluding hydrogens is 357 g/mol. The molecule has 0 radical (unpaired) electrons. The minimum absolute atomic E-state index is 0.0417. The normalized spacial score (nSPS) is 22.2. The van der Waals surface area contributed by atoms with Crippen LogP contribution in [0.5, 0.6) is 5.88 Å². The number of nitrogen functional groups attached to an aromatic ring is 1. The van der Waals surface area contributed by atoms with Crippen LogP contribution >= 0.6 is 0 Å². The lowest BCUT2D eigenvalue weighted by Crippen LogP contribution is -2.49. The van der Waals surface area contributed by atoms with Crippen LogP contribution in [0.15, 0.2) is 30.5 Å². The van der Waals surface area contributed by atoms with Gasteiger partial charge >= 0.3 is 0 Å². The number of aromatic nitrogens is 1. The number of carbonyl (C=O) groups excluding carboxylic acids is 1. The van der Waals surface area contributed by atoms with Crippen LogP contribution in [0.25, 0.3) is 0 Å². The second kappa shape index (κ2) is 7.41. The Morgan fingerprint density at radius 1 is 1.25 bits per heavy atom. The smallest absolute Gasteiger partial charge is 0.254 e. The molecule has 1 saturated carbocycles. The summed E-state index contributed by atoms with van der Waals surface area (Å²) in [5.74, 6) is 0.503. The summed E-state index contributed by atoms with van der Waals surface area (Å²) in [6.07, 6.45) is 5.22. The molecule has 1 aliphatic heterocycles. The minimum atomic E-state index is -0.283. The number of amides is 1. The third-order valence-electron chi connectivity index (χ3n) is 5.84. The number of carbonyl (C=O) groups is 1. The highest BCUT2D eigenvalue weighted by Crippen LogP contribution is 2.42. The third kappa shape index (κ3) is 3.68. The number of nitrogens with two attached hydrogens (primary N) is 1. The molecule has 2 atom stereocenters. The van der Waals surface area contributed by atoms with Gasteiger partial charge in [0.15, 0.2) is 0 Å². The maximum Gasteiger partial charge on any atom is 0.254 e. The van der Waals surface area contributed by atoms with E-state index in [-0.39, 0.29) is 23.9 Å². The zero-order chi connectivity index (χ0) is 19.8. The number of ether oxygens (including phenoxy) is 1. The summed E-state index contributed by atoms with van der Waals surface area (Å²) in [5.41, 5.74) is 8.86. The Balaban J connectivity index is 1.54. The number of likely N-dealkylation sites (tertiary alicyclic amines) is 1. The number of rotatable bonds is 4. The van der Waals surface area contributed by atoms with Gasteiger partial charge in [-0.25, -0.2) is 9.37 Å². The maximum absolute atomic E-state index is 13.7. The van der Waals surface area contributed by atoms with Crippen LogP contribution < -0.4 is 10.5 Å². The number of benzene rings is 1. The SMILES string of the molecule is Cc1c(N)ccnc1OC1CCC(C)N(C(=O)c2ccc(F)cc2C2CC2)C1. The molecule has 6 heteroatoms. The highest BCUT2D eigenvalue weighted by molar-refractivity contribution is 5.96. The van der Waals surface area contributed by atoms with Crippen molar-refractivity contribution in [1.82, 2.24) is 9.88 Å². The molecule has 2 aliphatic rings. The topological polar surface area (TPSA) is 68.5 Å². The fraction of sp³-hybridized carbons (Fsp3) is 0.455. The van der Waals surface area contributed by atoms with Gasteiger partial charge in [-0.2, -0.15) is 0 Å². The van der Waals surface area contributed by atoms with E-state index in [1.807, 2.05) is 11.8 Å². The summed E-state index contributed by atoms with van der Waals surface area (Å²) in [6, 6.07) is 6.38. The summed E-state index contributed by atoms with van der Waals surface area (Å²) in [7, 11) is 0. The van der Waals surface area contributed by atoms with Crippen molar-refractivity contribution in [3.8, 4) is 5.88 Å². The van der Waals surface area contributed by atoms with E-state index in [1.165, 1.54) is 12.1 Å². The Labute approximate surface area is 164 Å². The van der Waals surface area contributed by atoms with Crippen LogP contribution in [-0.2, 0) is 0 Å². The van der Waals surface area contributed by atoms with Crippen molar-refractivity contribution in [2.24, 2.45) is 0 Å². The number of hydrogen-bond donors (Lipinski definition) is 1. The van der Waals surface area contributed by atoms with E-state index in [9.17, 15) is 9.18 Å². The molecule has 1 aromatic heterocycles. The molecule has 5 nitrogen and oxygen atoms in total. The van der Waals surface area contributed by atoms with Gasteiger partial charge in [-0.3, -0.25) is 4.79 Å². The standard InChI is InChI=1S/C22H26FN3O2/c1-13-3-7-17(28-21-14(2)20(24)9-10-25-21)12-26(13)22(27)18-8-6-16(23)11-19(18)15-4-5-15/h6,8-11,13,15,17H,3-5,7,12H2,1-2H3,(H2,24,25). The second-order valence-electron chi connectivity index (χ2n) is 7.96. The number of piperidine rings is 1. The first kappa shape index (κ1) is 18.7. The zero-order valence-electron chi connectivity index (χ0n) is 16.3. The van der Waals surface area contributed by atoms with Crippen LogP contribution in [0.4, 0.5) is 10.1 Å². The maximum atomic E-state index is 13.7. The van der Waals surface area contributed by atoms with E-state index in [0.717, 1.165) is 36.8 Å². The van der Waals surface area contributed by atoms with Crippen LogP contribution in [0.3, 0.4) is 0 Å². The molecule has 2 aromatic rings. The zero-order valence-corrected chi connectivity index (χ0v) is 16.3. The van der Waals surface area contributed by atoms with E-state index in [0.29, 0.717) is 29.6 Å². The third-order valence-corrected chi connectivity index (χ3v) is 5.84. The minimum Gasteiger partial charge on any atom is -0.472 e. The Morgan fingerprint density at radius 3 is 2.79 bits per heavy atom. The Kier molecular flexibility index (Phi) is 4.96. The van der Waals surface area contributed by atoms with Crippen LogP contribution in [0.2, 0.25) is 0 Å². The van der Waals surface area contributed by atoms with Crippen molar-refractivity contribution in [3.05, 3.63) is 53.0 Å². The van der Waals surface area contributed by atoms with Crippen molar-refractivity contribution in [2.75, 3.05) is 12.3 Å². The van der Waals surface area contributed by atoms with Gasteiger partial charge in [0.1, 0.15) is 11.9 Å². The number of anilines is 1. The van der Waals surface area contributed by atoms with E-state index in [2.05, 4.69) is 11.9 Å². The monoisotopic (exact) mass is 383 g/mol. The molecule has 2 N–H and O–H groups in total. The molecule has 1 amide bonds. The molecular formula is C22H26FN3O2. The largest absolute Gasteiger partial charge is 0.472 e. The average molecular weight is 383 g/mol. The van der Waals surface area contributed by atoms with Gasteiger partial charge in [-0.15, -0.1) is 0 Å². The Morgan fingerprint density at radius 2 is 2.04 bits per heavy atom. The molecule has 4 rings (SSSR count). The van der Waals surface area contributed by atoms with Crippen molar-refractivity contribution in [2.45, 2.75) is 57.6 Å². The Hall–Kier alpha value is -2.63. The van der Waals surface area contributed by atoms with Crippen LogP contribution in [-0.4, -0.2) is 34.5 Å². The molecule has 28 heavy (non-hydrogen) atoms. The fourth-order valence-electron chi connectivity index (χ4n) is 3.88. The summed E-state index contributed by atoms with van der Waals surface area (Å²) >= 11 is 0. The molecule has 1 aliphatic carbocycles. The molecule has 2 unspecified atom stereocenters. The Bertz CT molecular complexity index is 897. The predicted octanol–water partition coefficient (Wildman–Crippen LogP) is 4.06. The van der Waals surface area contributed by atoms with Gasteiger partial charge in [0.05, 0.1) is 6.54 Å². The summed E-state index contributed by atoms with van der Waals surface area (Å²) in [4.78, 5) is 19.5. The average Bonchev–Trinajstić information content (AvgIpc) is 3.51. The van der Waals surface area contributed by atoms with Crippen LogP contribution in [0.1, 0.15) is 60.0 Å². The van der Waals surface area contributed by atoms with E-state index in [1.54, 1.807) is 18.3 Å². The molecule has 2 heterocycles. The lowest BCUT2D eigenvalue weighted by Gasteiger charge is -2.38. The van der Waals surface area contributed by atoms with Gasteiger partial charge < -0.3 is 15.4 Å². The molecule has 0 bridgehead atoms. The van der Waals surface area contributed by atoms with Crippen molar-refractivity contribution >= 4 is 11.6 Å². The van der Waals surface area contributed by atoms with Gasteiger partial charge in [0.2, 0.25) is 5.88 Å². The number of nitrogens with zero attached hydrogens (tertiary/aromatic N) is 2. The van der Waals surface area contributed by atoms with Gasteiger partial charge in [-0.05, 0) is 75.3 Å². The first-order valence-corrected chi connectivity index (χ1v) is 9.92. The fourth-order valence-corrected chi connectivity index (χ4v) is 3.88. The lowest BCUT2D eigenvalue weighted by atomic mass is 9.97. The predicted molar refractivity (Wildman–Crippen MR) is 106 cm³/mol. The molecule has 1 aromatic carbocycles. The first-order chi connectivity index (χ1) is 13.4. The van der Waals surface area contributed by atoms with Gasteiger partial charge in [0, 0.05) is 29.1 Å². The van der Waals surface area contributed by atoms with Crippen molar-refractivity contribution < 1.29 is 13.9 Å². The summed E-state index contributed by atoms with van der Waals surface area (Å²) < 4.78 is 19.8. The molecule has 1 saturated heterocycles. The molecule has 2 fully saturated rings. The lowest BCUT2D eigenvalue weighted by molar-refractivity contribution is 0.0370. The quantitative estimate of drug-likeness (QED) is 0.864. The second-order valence-corrected chi connectivity index (χ2v) is 7.96. The van der Waals surface area contributed by atoms with Crippen molar-refractivity contribution in [3.63, 3.8) is 0 Å². The highest BCUT2D eigenvalue weighted by atomic mass is 19.1. The van der Waals surface area contributed by atoms with E-state index in [4.69, 9.17) is 10.5 Å². The molecule has 0 spiro atoms. The summed E-state index contributed by atoms with van der Waals surface area (Å²) in [5, 5.41) is 0. The number of hydrogen-bond acceptors (Lipinski definition) is 4. The number of pyridine rings is 1. The number of halogens is 1. The first-order valence-electron chi connectivity index (χ1n) is 9.92. The van der Waals surface area contributed by atoms with Crippen molar-refractivity contribution in [1.29, 1.82) is 0 Å². The summed E-state index contributed by atoms with van der Waals surface area (Å²) in [6.45, 7) is 4.42. The van der Waals surface area contributed by atoms with Gasteiger partial charge in [-0.1, -0.05) is 0 Å². The van der Waals surface area contributed by atoms with Gasteiger partial charge in [0.25, 0.3) is 5.91 Å².